The van der Waals surface area contributed by atoms with Crippen LogP contribution in [0.1, 0.15) is 26.8 Å². The first kappa shape index (κ1) is 31.2. The first-order valence-corrected chi connectivity index (χ1v) is 15.3. The number of alkyl carbamates (subject to hydrolysis) is 1. The summed E-state index contributed by atoms with van der Waals surface area (Å²) >= 11 is 3.40. The van der Waals surface area contributed by atoms with E-state index in [1.807, 2.05) is 13.8 Å². The van der Waals surface area contributed by atoms with E-state index in [9.17, 15) is 22.0 Å². The molecule has 0 saturated heterocycles. The number of amides is 1. The summed E-state index contributed by atoms with van der Waals surface area (Å²) in [5.74, 6) is -1.70. The van der Waals surface area contributed by atoms with Crippen LogP contribution in [-0.4, -0.2) is 74.9 Å². The molecule has 3 aromatic rings. The van der Waals surface area contributed by atoms with Crippen LogP contribution in [0.25, 0.3) is 22.5 Å². The third kappa shape index (κ3) is 7.87. The van der Waals surface area contributed by atoms with Gasteiger partial charge in [0.25, 0.3) is 11.3 Å². The molecule has 3 rings (SSSR count). The third-order valence-corrected chi connectivity index (χ3v) is 7.20. The molecule has 0 aliphatic rings. The quantitative estimate of drug-likeness (QED) is 0.271. The van der Waals surface area contributed by atoms with Gasteiger partial charge >= 0.3 is 6.09 Å². The van der Waals surface area contributed by atoms with Gasteiger partial charge in [0.15, 0.2) is 15.7 Å². The first-order chi connectivity index (χ1) is 18.7. The van der Waals surface area contributed by atoms with Crippen molar-refractivity contribution in [2.75, 3.05) is 35.4 Å². The van der Waals surface area contributed by atoms with E-state index in [4.69, 9.17) is 11.6 Å². The number of halogens is 2. The van der Waals surface area contributed by atoms with Crippen LogP contribution in [0.5, 0.6) is 0 Å². The van der Waals surface area contributed by atoms with Gasteiger partial charge in [0, 0.05) is 53.4 Å². The molecule has 0 saturated carbocycles. The fraction of sp³-hybridized carbons (Fsp3) is 0.391. The molecule has 17 heteroatoms. The Morgan fingerprint density at radius 2 is 2.00 bits per heavy atom. The standard InChI is InChI=1S/C23H29ClFN7O6S2/c1-13(2)31-11-17(18-6-7-26-22(29-18)27-10-14(3)28-23(33)38-4)21(30-31)16-8-15(24)9-19(20(16)25)32(39(34)35)12-40(5,36)37/h6-9,11,13-14H,10,12H2,1-5H3,(H,28,33)(H,34,35)(H,26,27,29). The molecule has 0 radical (unpaired) electrons. The maximum Gasteiger partial charge on any atom is 0.407 e. The van der Waals surface area contributed by atoms with Crippen molar-refractivity contribution in [3.05, 3.63) is 41.4 Å². The highest BCUT2D eigenvalue weighted by molar-refractivity contribution is 7.92. The number of hydrogen-bond acceptors (Lipinski definition) is 9. The number of carbonyl (C=O) groups excluding carboxylic acids is 1. The number of benzene rings is 1. The molecule has 3 N–H and O–H groups in total. The Bertz CT molecular complexity index is 1520. The Hall–Kier alpha value is -3.34. The molecule has 218 valence electrons. The zero-order chi connectivity index (χ0) is 29.8. The van der Waals surface area contributed by atoms with Gasteiger partial charge in [-0.3, -0.25) is 13.5 Å². The first-order valence-electron chi connectivity index (χ1n) is 11.8. The number of nitrogens with one attached hydrogen (secondary N) is 2. The van der Waals surface area contributed by atoms with Crippen LogP contribution < -0.4 is 14.9 Å². The number of carbonyl (C=O) groups is 1. The highest BCUT2D eigenvalue weighted by Gasteiger charge is 2.27. The van der Waals surface area contributed by atoms with E-state index in [-0.39, 0.29) is 40.9 Å². The normalized spacial score (nSPS) is 13.1. The summed E-state index contributed by atoms with van der Waals surface area (Å²) in [7, 11) is -2.56. The van der Waals surface area contributed by atoms with Crippen LogP contribution in [0.15, 0.2) is 30.6 Å². The van der Waals surface area contributed by atoms with Crippen molar-refractivity contribution >= 4 is 50.4 Å². The SMILES string of the molecule is COC(=O)NC(C)CNc1nccc(-c2cn(C(C)C)nc2-c2cc(Cl)cc(N(CS(C)(=O)=O)S(=O)O)c2F)n1. The van der Waals surface area contributed by atoms with Crippen LogP contribution in [0.2, 0.25) is 5.02 Å². The molecular weight excluding hydrogens is 589 g/mol. The molecule has 0 fully saturated rings. The van der Waals surface area contributed by atoms with E-state index < -0.39 is 44.6 Å². The smallest absolute Gasteiger partial charge is 0.407 e. The zero-order valence-electron chi connectivity index (χ0n) is 22.3. The summed E-state index contributed by atoms with van der Waals surface area (Å²) in [6.45, 7) is 5.76. The lowest BCUT2D eigenvalue weighted by Gasteiger charge is -2.21. The van der Waals surface area contributed by atoms with Crippen molar-refractivity contribution in [2.45, 2.75) is 32.9 Å². The lowest BCUT2D eigenvalue weighted by Crippen LogP contribution is -2.37. The topological polar surface area (TPSA) is 169 Å². The summed E-state index contributed by atoms with van der Waals surface area (Å²) in [6.07, 6.45) is 3.41. The Labute approximate surface area is 238 Å². The summed E-state index contributed by atoms with van der Waals surface area (Å²) in [6, 6.07) is 3.50. The van der Waals surface area contributed by atoms with Gasteiger partial charge < -0.3 is 15.4 Å². The molecule has 2 unspecified atom stereocenters. The fourth-order valence-corrected chi connectivity index (χ4v) is 5.55. The van der Waals surface area contributed by atoms with Crippen molar-refractivity contribution in [1.29, 1.82) is 0 Å². The highest BCUT2D eigenvalue weighted by atomic mass is 35.5. The number of rotatable bonds is 11. The number of sulfone groups is 1. The van der Waals surface area contributed by atoms with Crippen molar-refractivity contribution in [3.8, 4) is 22.5 Å². The molecular formula is C23H29ClFN7O6S2. The van der Waals surface area contributed by atoms with Crippen LogP contribution in [0.4, 0.5) is 20.8 Å². The predicted octanol–water partition coefficient (Wildman–Crippen LogP) is 3.48. The van der Waals surface area contributed by atoms with Gasteiger partial charge in [0.1, 0.15) is 11.6 Å². The molecule has 40 heavy (non-hydrogen) atoms. The molecule has 0 aliphatic carbocycles. The summed E-state index contributed by atoms with van der Waals surface area (Å²) in [4.78, 5) is 20.1. The second-order valence-corrected chi connectivity index (χ2v) is 12.5. The monoisotopic (exact) mass is 617 g/mol. The number of nitrogens with zero attached hydrogens (tertiary/aromatic N) is 5. The Kier molecular flexibility index (Phi) is 10.0. The number of methoxy groups -OCH3 is 1. The maximum atomic E-state index is 16.0. The summed E-state index contributed by atoms with van der Waals surface area (Å²) in [5, 5.41) is 10.1. The van der Waals surface area contributed by atoms with E-state index in [2.05, 4.69) is 30.4 Å². The number of anilines is 2. The third-order valence-electron chi connectivity index (χ3n) is 5.39. The van der Waals surface area contributed by atoms with Gasteiger partial charge in [-0.25, -0.2) is 31.8 Å². The fourth-order valence-electron chi connectivity index (χ4n) is 3.53. The van der Waals surface area contributed by atoms with E-state index in [1.54, 1.807) is 23.9 Å². The van der Waals surface area contributed by atoms with Crippen molar-refractivity contribution in [3.63, 3.8) is 0 Å². The van der Waals surface area contributed by atoms with Crippen LogP contribution in [0.3, 0.4) is 0 Å². The van der Waals surface area contributed by atoms with Crippen LogP contribution in [-0.2, 0) is 25.8 Å². The van der Waals surface area contributed by atoms with Crippen LogP contribution in [0, 0.1) is 5.82 Å². The second-order valence-electron chi connectivity index (χ2n) is 9.10. The number of aromatic nitrogens is 4. The molecule has 1 aromatic carbocycles. The average Bonchev–Trinajstić information content (AvgIpc) is 3.32. The van der Waals surface area contributed by atoms with Gasteiger partial charge in [-0.2, -0.15) is 5.10 Å². The van der Waals surface area contributed by atoms with Gasteiger partial charge in [-0.15, -0.1) is 0 Å². The van der Waals surface area contributed by atoms with Crippen molar-refractivity contribution in [1.82, 2.24) is 25.1 Å². The van der Waals surface area contributed by atoms with Gasteiger partial charge in [0.2, 0.25) is 5.95 Å². The van der Waals surface area contributed by atoms with Gasteiger partial charge in [-0.1, -0.05) is 11.6 Å². The predicted molar refractivity (Wildman–Crippen MR) is 150 cm³/mol. The largest absolute Gasteiger partial charge is 0.453 e. The molecule has 1 amide bonds. The van der Waals surface area contributed by atoms with Gasteiger partial charge in [0.05, 0.1) is 18.5 Å². The summed E-state index contributed by atoms with van der Waals surface area (Å²) < 4.78 is 68.1. The molecule has 2 atom stereocenters. The molecule has 2 heterocycles. The average molecular weight is 618 g/mol. The molecule has 2 aromatic heterocycles. The Balaban J connectivity index is 2.09. The minimum absolute atomic E-state index is 0.0162. The Morgan fingerprint density at radius 1 is 1.30 bits per heavy atom. The van der Waals surface area contributed by atoms with Gasteiger partial charge in [-0.05, 0) is 39.0 Å². The van der Waals surface area contributed by atoms with E-state index in [1.165, 1.54) is 19.4 Å². The molecule has 13 nitrogen and oxygen atoms in total. The van der Waals surface area contributed by atoms with Crippen LogP contribution >= 0.6 is 11.6 Å². The minimum Gasteiger partial charge on any atom is -0.453 e. The zero-order valence-corrected chi connectivity index (χ0v) is 24.6. The van der Waals surface area contributed by atoms with E-state index in [0.29, 0.717) is 15.6 Å². The molecule has 0 bridgehead atoms. The Morgan fingerprint density at radius 3 is 2.60 bits per heavy atom. The minimum atomic E-state index is -3.82. The summed E-state index contributed by atoms with van der Waals surface area (Å²) in [5.41, 5.74) is 0.253. The lowest BCUT2D eigenvalue weighted by atomic mass is 10.0. The maximum absolute atomic E-state index is 16.0. The molecule has 0 aliphatic heterocycles. The second kappa shape index (κ2) is 12.9. The number of ether oxygens (including phenoxy) is 1. The number of hydrogen-bond donors (Lipinski definition) is 3. The lowest BCUT2D eigenvalue weighted by molar-refractivity contribution is 0.168. The highest BCUT2D eigenvalue weighted by Crippen LogP contribution is 2.38. The van der Waals surface area contributed by atoms with E-state index >= 15 is 4.39 Å². The van der Waals surface area contributed by atoms with Crippen molar-refractivity contribution in [2.24, 2.45) is 0 Å². The molecule has 0 spiro atoms. The van der Waals surface area contributed by atoms with Crippen molar-refractivity contribution < 1.29 is 31.1 Å². The van der Waals surface area contributed by atoms with E-state index in [0.717, 1.165) is 12.3 Å².